The molecule has 1 heterocycles. The quantitative estimate of drug-likeness (QED) is 0.786. The zero-order valence-electron chi connectivity index (χ0n) is 9.70. The summed E-state index contributed by atoms with van der Waals surface area (Å²) in [4.78, 5) is 5.04. The van der Waals surface area contributed by atoms with Crippen LogP contribution in [0.1, 0.15) is 12.5 Å². The van der Waals surface area contributed by atoms with Gasteiger partial charge in [-0.1, -0.05) is 35.5 Å². The van der Waals surface area contributed by atoms with Gasteiger partial charge in [0.15, 0.2) is 5.60 Å². The van der Waals surface area contributed by atoms with Gasteiger partial charge in [-0.3, -0.25) is 0 Å². The summed E-state index contributed by atoms with van der Waals surface area (Å²) >= 11 is 0. The van der Waals surface area contributed by atoms with Crippen LogP contribution < -0.4 is 0 Å². The monoisotopic (exact) mass is 237 g/mol. The molecule has 17 heavy (non-hydrogen) atoms. The number of aliphatic hydroxyl groups excluding tert-OH is 1. The molecule has 2 rings (SSSR count). The van der Waals surface area contributed by atoms with Crippen molar-refractivity contribution < 1.29 is 19.8 Å². The Labute approximate surface area is 99.3 Å². The smallest absolute Gasteiger partial charge is 0.258 e. The summed E-state index contributed by atoms with van der Waals surface area (Å²) in [6.45, 7) is 1.45. The number of hydrogen-bond donors (Lipinski definition) is 2. The van der Waals surface area contributed by atoms with E-state index in [-0.39, 0.29) is 0 Å². The Morgan fingerprint density at radius 2 is 2.00 bits per heavy atom. The highest BCUT2D eigenvalue weighted by Gasteiger charge is 2.47. The first kappa shape index (κ1) is 12.0. The van der Waals surface area contributed by atoms with Crippen LogP contribution in [0, 0.1) is 0 Å². The third kappa shape index (κ3) is 2.04. The summed E-state index contributed by atoms with van der Waals surface area (Å²) in [5.74, 6) is 0. The van der Waals surface area contributed by atoms with Crippen LogP contribution in [-0.2, 0) is 9.57 Å². The van der Waals surface area contributed by atoms with Crippen LogP contribution in [0.25, 0.3) is 0 Å². The van der Waals surface area contributed by atoms with Crippen LogP contribution in [0.5, 0.6) is 0 Å². The Morgan fingerprint density at radius 3 is 2.59 bits per heavy atom. The fraction of sp³-hybridized carbons (Fsp3) is 0.417. The molecule has 0 radical (unpaired) electrons. The maximum absolute atomic E-state index is 10.2. The van der Waals surface area contributed by atoms with E-state index in [1.807, 2.05) is 18.2 Å². The topological polar surface area (TPSA) is 71.3 Å². The number of hydrogen-bond acceptors (Lipinski definition) is 5. The van der Waals surface area contributed by atoms with E-state index in [1.165, 1.54) is 14.0 Å². The van der Waals surface area contributed by atoms with Gasteiger partial charge in [0.05, 0.1) is 0 Å². The third-order valence-electron chi connectivity index (χ3n) is 2.82. The number of methoxy groups -OCH3 is 1. The van der Waals surface area contributed by atoms with Crippen molar-refractivity contribution in [3.63, 3.8) is 0 Å². The van der Waals surface area contributed by atoms with Crippen molar-refractivity contribution >= 4 is 5.71 Å². The number of rotatable bonds is 2. The maximum atomic E-state index is 10.2. The van der Waals surface area contributed by atoms with E-state index in [2.05, 4.69) is 5.16 Å². The van der Waals surface area contributed by atoms with Crippen molar-refractivity contribution in [3.05, 3.63) is 35.9 Å². The lowest BCUT2D eigenvalue weighted by atomic mass is 9.90. The molecule has 0 bridgehead atoms. The average molecular weight is 237 g/mol. The molecule has 0 spiro atoms. The van der Waals surface area contributed by atoms with Crippen LogP contribution in [0.4, 0.5) is 0 Å². The van der Waals surface area contributed by atoms with Gasteiger partial charge in [-0.25, -0.2) is 0 Å². The summed E-state index contributed by atoms with van der Waals surface area (Å²) < 4.78 is 4.92. The minimum atomic E-state index is -1.54. The second-order valence-electron chi connectivity index (χ2n) is 4.14. The molecule has 1 aromatic carbocycles. The molecule has 5 heteroatoms. The number of benzene rings is 1. The highest BCUT2D eigenvalue weighted by molar-refractivity contribution is 6.04. The Kier molecular flexibility index (Phi) is 3.15. The summed E-state index contributed by atoms with van der Waals surface area (Å²) in [6, 6.07) is 9.07. The second-order valence-corrected chi connectivity index (χ2v) is 4.14. The van der Waals surface area contributed by atoms with E-state index in [1.54, 1.807) is 12.1 Å². The molecule has 0 aromatic heterocycles. The van der Waals surface area contributed by atoms with Gasteiger partial charge in [-0.2, -0.15) is 0 Å². The lowest BCUT2D eigenvalue weighted by Gasteiger charge is -2.37. The molecule has 0 saturated heterocycles. The lowest BCUT2D eigenvalue weighted by molar-refractivity contribution is -0.250. The van der Waals surface area contributed by atoms with Gasteiger partial charge in [0.2, 0.25) is 0 Å². The van der Waals surface area contributed by atoms with E-state index in [4.69, 9.17) is 9.57 Å². The SMILES string of the molecule is CO[C@H]1ON=C(c2ccccc2)[C@@H](O)[C@]1(C)O. The van der Waals surface area contributed by atoms with Crippen molar-refractivity contribution in [2.75, 3.05) is 7.11 Å². The molecule has 1 aliphatic heterocycles. The molecule has 5 nitrogen and oxygen atoms in total. The van der Waals surface area contributed by atoms with Crippen molar-refractivity contribution in [2.45, 2.75) is 24.9 Å². The summed E-state index contributed by atoms with van der Waals surface area (Å²) in [6.07, 6.45) is -2.14. The number of aliphatic hydroxyl groups is 2. The molecule has 0 unspecified atom stereocenters. The van der Waals surface area contributed by atoms with Gasteiger partial charge in [0.25, 0.3) is 6.29 Å². The highest BCUT2D eigenvalue weighted by Crippen LogP contribution is 2.27. The number of oxime groups is 1. The van der Waals surface area contributed by atoms with Gasteiger partial charge in [0.1, 0.15) is 11.8 Å². The van der Waals surface area contributed by atoms with E-state index < -0.39 is 18.0 Å². The van der Waals surface area contributed by atoms with E-state index in [0.717, 1.165) is 0 Å². The molecule has 0 saturated carbocycles. The van der Waals surface area contributed by atoms with Crippen molar-refractivity contribution in [2.24, 2.45) is 5.16 Å². The van der Waals surface area contributed by atoms with Crippen molar-refractivity contribution in [1.82, 2.24) is 0 Å². The maximum Gasteiger partial charge on any atom is 0.258 e. The van der Waals surface area contributed by atoms with E-state index in [0.29, 0.717) is 11.3 Å². The molecule has 1 aliphatic rings. The standard InChI is InChI=1S/C12H15NO4/c1-12(15)10(14)9(13-17-11(12)16-2)8-6-4-3-5-7-8/h3-7,10-11,14-15H,1-2H3/t10-,11+,12+/m1/s1. The Balaban J connectivity index is 2.35. The average Bonchev–Trinajstić information content (AvgIpc) is 2.33. The fourth-order valence-electron chi connectivity index (χ4n) is 1.77. The molecule has 3 atom stereocenters. The van der Waals surface area contributed by atoms with Crippen LogP contribution in [0.15, 0.2) is 35.5 Å². The molecule has 1 aromatic rings. The summed E-state index contributed by atoms with van der Waals surface area (Å²) in [5, 5.41) is 24.1. The van der Waals surface area contributed by atoms with Gasteiger partial charge in [0, 0.05) is 12.7 Å². The molecule has 0 amide bonds. The molecule has 0 fully saturated rings. The molecule has 92 valence electrons. The normalized spacial score (nSPS) is 32.8. The first-order chi connectivity index (χ1) is 8.07. The Morgan fingerprint density at radius 1 is 1.35 bits per heavy atom. The first-order valence-corrected chi connectivity index (χ1v) is 5.29. The van der Waals surface area contributed by atoms with Crippen molar-refractivity contribution in [1.29, 1.82) is 0 Å². The minimum absolute atomic E-state index is 0.295. The Bertz CT molecular complexity index is 416. The number of ether oxygens (including phenoxy) is 1. The third-order valence-corrected chi connectivity index (χ3v) is 2.82. The van der Waals surface area contributed by atoms with Crippen LogP contribution in [0.3, 0.4) is 0 Å². The van der Waals surface area contributed by atoms with Crippen LogP contribution in [0.2, 0.25) is 0 Å². The largest absolute Gasteiger partial charge is 0.383 e. The highest BCUT2D eigenvalue weighted by atomic mass is 16.8. The first-order valence-electron chi connectivity index (χ1n) is 5.29. The zero-order chi connectivity index (χ0) is 12.5. The van der Waals surface area contributed by atoms with E-state index >= 15 is 0 Å². The number of nitrogens with zero attached hydrogens (tertiary/aromatic N) is 1. The predicted molar refractivity (Wildman–Crippen MR) is 61.5 cm³/mol. The summed E-state index contributed by atoms with van der Waals surface area (Å²) in [7, 11) is 1.38. The van der Waals surface area contributed by atoms with Gasteiger partial charge in [-0.15, -0.1) is 0 Å². The molecule has 0 aliphatic carbocycles. The minimum Gasteiger partial charge on any atom is -0.383 e. The van der Waals surface area contributed by atoms with Gasteiger partial charge >= 0.3 is 0 Å². The predicted octanol–water partition coefficient (Wildman–Crippen LogP) is 0.505. The molecule has 2 N–H and O–H groups in total. The fourth-order valence-corrected chi connectivity index (χ4v) is 1.77. The van der Waals surface area contributed by atoms with Crippen molar-refractivity contribution in [3.8, 4) is 0 Å². The van der Waals surface area contributed by atoms with Gasteiger partial charge < -0.3 is 19.8 Å². The van der Waals surface area contributed by atoms with Gasteiger partial charge in [-0.05, 0) is 6.92 Å². The van der Waals surface area contributed by atoms with Crippen LogP contribution >= 0.6 is 0 Å². The zero-order valence-corrected chi connectivity index (χ0v) is 9.70. The lowest BCUT2D eigenvalue weighted by Crippen LogP contribution is -2.57. The Hall–Kier alpha value is -1.43. The van der Waals surface area contributed by atoms with E-state index in [9.17, 15) is 10.2 Å². The second kappa shape index (κ2) is 4.44. The molecular formula is C12H15NO4. The van der Waals surface area contributed by atoms with Crippen LogP contribution in [-0.4, -0.2) is 41.0 Å². The molecular weight excluding hydrogens is 222 g/mol. The summed E-state index contributed by atoms with van der Waals surface area (Å²) in [5.41, 5.74) is -0.541.